The molecule has 0 saturated carbocycles. The van der Waals surface area contributed by atoms with Crippen molar-refractivity contribution in [2.75, 3.05) is 0 Å². The lowest BCUT2D eigenvalue weighted by molar-refractivity contribution is -0.143. The highest BCUT2D eigenvalue weighted by molar-refractivity contribution is 5.66. The quantitative estimate of drug-likeness (QED) is 0.423. The zero-order valence-electron chi connectivity index (χ0n) is 10.3. The molecule has 0 bridgehead atoms. The van der Waals surface area contributed by atoms with Crippen LogP contribution in [0.15, 0.2) is 24.3 Å². The molecular weight excluding hydrogens is 224 g/mol. The van der Waals surface area contributed by atoms with Crippen LogP contribution in [0.2, 0.25) is 0 Å². The Morgan fingerprint density at radius 3 is 2.50 bits per heavy atom. The van der Waals surface area contributed by atoms with Crippen LogP contribution in [0.1, 0.15) is 13.8 Å². The van der Waals surface area contributed by atoms with Crippen molar-refractivity contribution in [1.82, 2.24) is 0 Å². The van der Waals surface area contributed by atoms with Gasteiger partial charge in [0.1, 0.15) is 6.10 Å². The predicted octanol–water partition coefficient (Wildman–Crippen LogP) is 1.69. The Morgan fingerprint density at radius 2 is 1.83 bits per heavy atom. The lowest BCUT2D eigenvalue weighted by Gasteiger charge is -2.04. The second kappa shape index (κ2) is 10.7. The van der Waals surface area contributed by atoms with Crippen molar-refractivity contribution >= 4 is 5.97 Å². The molecule has 0 aromatic rings. The molecule has 0 radical (unpaired) electrons. The summed E-state index contributed by atoms with van der Waals surface area (Å²) in [4.78, 5) is 10.6. The third-order valence-electron chi connectivity index (χ3n) is 1.42. The summed E-state index contributed by atoms with van der Waals surface area (Å²) in [5, 5.41) is 0. The summed E-state index contributed by atoms with van der Waals surface area (Å²) in [5.74, 6) is 16.9. The summed E-state index contributed by atoms with van der Waals surface area (Å²) >= 11 is 0. The molecule has 0 fully saturated rings. The standard InChI is InChI=1S/C16H12O2/c1-4-5-6-7-8-9-10-11-12-13-14-15(2)18-16(3)17/h1,11-15H,2-3H3/b12-11+,14-13+/t15-/m1/s1. The van der Waals surface area contributed by atoms with Crippen LogP contribution in [0.25, 0.3) is 0 Å². The number of hydrogen-bond donors (Lipinski definition) is 0. The summed E-state index contributed by atoms with van der Waals surface area (Å²) in [5.41, 5.74) is 0. The van der Waals surface area contributed by atoms with Gasteiger partial charge in [-0.05, 0) is 54.6 Å². The summed E-state index contributed by atoms with van der Waals surface area (Å²) in [7, 11) is 0. The second-order valence-electron chi connectivity index (χ2n) is 2.97. The van der Waals surface area contributed by atoms with E-state index in [0.29, 0.717) is 0 Å². The molecule has 0 amide bonds. The van der Waals surface area contributed by atoms with E-state index in [1.165, 1.54) is 6.92 Å². The molecule has 88 valence electrons. The summed E-state index contributed by atoms with van der Waals surface area (Å²) in [6.07, 6.45) is 11.5. The number of allylic oxidation sites excluding steroid dienone is 3. The van der Waals surface area contributed by atoms with Crippen LogP contribution in [0.3, 0.4) is 0 Å². The fraction of sp³-hybridized carbons (Fsp3) is 0.188. The Labute approximate surface area is 108 Å². The van der Waals surface area contributed by atoms with Crippen molar-refractivity contribution in [2.45, 2.75) is 20.0 Å². The van der Waals surface area contributed by atoms with E-state index in [-0.39, 0.29) is 12.1 Å². The third-order valence-corrected chi connectivity index (χ3v) is 1.42. The third kappa shape index (κ3) is 11.3. The highest BCUT2D eigenvalue weighted by Crippen LogP contribution is 1.93. The molecule has 0 saturated heterocycles. The van der Waals surface area contributed by atoms with Crippen molar-refractivity contribution in [3.63, 3.8) is 0 Å². The van der Waals surface area contributed by atoms with E-state index < -0.39 is 0 Å². The fourth-order valence-corrected chi connectivity index (χ4v) is 0.833. The molecule has 0 aliphatic rings. The molecule has 0 aromatic carbocycles. The van der Waals surface area contributed by atoms with Crippen molar-refractivity contribution < 1.29 is 9.53 Å². The lowest BCUT2D eigenvalue weighted by Crippen LogP contribution is -2.08. The van der Waals surface area contributed by atoms with E-state index in [1.54, 1.807) is 31.2 Å². The number of ether oxygens (including phenoxy) is 1. The number of carbonyl (C=O) groups excluding carboxylic acids is 1. The number of rotatable bonds is 3. The van der Waals surface area contributed by atoms with Crippen molar-refractivity contribution in [1.29, 1.82) is 0 Å². The van der Waals surface area contributed by atoms with Gasteiger partial charge in [0.2, 0.25) is 0 Å². The topological polar surface area (TPSA) is 26.3 Å². The number of hydrogen-bond acceptors (Lipinski definition) is 2. The van der Waals surface area contributed by atoms with Gasteiger partial charge in [-0.1, -0.05) is 18.1 Å². The molecule has 2 nitrogen and oxygen atoms in total. The van der Waals surface area contributed by atoms with Crippen molar-refractivity contribution in [2.24, 2.45) is 0 Å². The summed E-state index contributed by atoms with van der Waals surface area (Å²) < 4.78 is 4.88. The zero-order valence-corrected chi connectivity index (χ0v) is 10.3. The average Bonchev–Trinajstić information content (AvgIpc) is 2.30. The largest absolute Gasteiger partial charge is 0.459 e. The molecule has 0 spiro atoms. The number of terminal acetylenes is 1. The van der Waals surface area contributed by atoms with Crippen LogP contribution in [0.5, 0.6) is 0 Å². The Morgan fingerprint density at radius 1 is 1.17 bits per heavy atom. The van der Waals surface area contributed by atoms with Crippen LogP contribution in [0.4, 0.5) is 0 Å². The van der Waals surface area contributed by atoms with Crippen LogP contribution in [-0.4, -0.2) is 12.1 Å². The first kappa shape index (κ1) is 15.2. The van der Waals surface area contributed by atoms with Gasteiger partial charge >= 0.3 is 5.97 Å². The highest BCUT2D eigenvalue weighted by atomic mass is 16.5. The second-order valence-corrected chi connectivity index (χ2v) is 2.97. The molecule has 2 heteroatoms. The van der Waals surface area contributed by atoms with Gasteiger partial charge in [-0.2, -0.15) is 0 Å². The van der Waals surface area contributed by atoms with Crippen molar-refractivity contribution in [3.05, 3.63) is 24.3 Å². The van der Waals surface area contributed by atoms with E-state index in [4.69, 9.17) is 11.2 Å². The first-order chi connectivity index (χ1) is 8.66. The Balaban J connectivity index is 4.08. The van der Waals surface area contributed by atoms with E-state index in [2.05, 4.69) is 41.4 Å². The SMILES string of the molecule is C#CC#CC#CC#C/C=C/C=C/[C@@H](C)OC(C)=O. The normalized spacial score (nSPS) is 10.1. The van der Waals surface area contributed by atoms with Crippen LogP contribution in [0, 0.1) is 47.9 Å². The molecule has 0 aliphatic heterocycles. The minimum absolute atomic E-state index is 0.251. The highest BCUT2D eigenvalue weighted by Gasteiger charge is 1.97. The summed E-state index contributed by atoms with van der Waals surface area (Å²) in [6, 6.07) is 0. The molecule has 0 rings (SSSR count). The Kier molecular flexibility index (Phi) is 9.03. The maximum absolute atomic E-state index is 10.6. The lowest BCUT2D eigenvalue weighted by atomic mass is 10.3. The van der Waals surface area contributed by atoms with E-state index >= 15 is 0 Å². The summed E-state index contributed by atoms with van der Waals surface area (Å²) in [6.45, 7) is 3.14. The van der Waals surface area contributed by atoms with Gasteiger partial charge in [0.25, 0.3) is 0 Å². The van der Waals surface area contributed by atoms with Gasteiger partial charge in [-0.15, -0.1) is 6.42 Å². The van der Waals surface area contributed by atoms with Gasteiger partial charge in [0.05, 0.1) is 0 Å². The van der Waals surface area contributed by atoms with Crippen LogP contribution < -0.4 is 0 Å². The van der Waals surface area contributed by atoms with E-state index in [0.717, 1.165) is 0 Å². The average molecular weight is 236 g/mol. The maximum atomic E-state index is 10.6. The molecule has 0 aliphatic carbocycles. The van der Waals surface area contributed by atoms with Gasteiger partial charge in [-0.3, -0.25) is 4.79 Å². The minimum Gasteiger partial charge on any atom is -0.459 e. The Bertz CT molecular complexity index is 552. The molecule has 0 aromatic heterocycles. The predicted molar refractivity (Wildman–Crippen MR) is 71.7 cm³/mol. The van der Waals surface area contributed by atoms with E-state index in [9.17, 15) is 4.79 Å². The van der Waals surface area contributed by atoms with Crippen molar-refractivity contribution in [3.8, 4) is 47.9 Å². The molecule has 0 unspecified atom stereocenters. The zero-order chi connectivity index (χ0) is 13.6. The molecule has 18 heavy (non-hydrogen) atoms. The van der Waals surface area contributed by atoms with Crippen LogP contribution in [-0.2, 0) is 9.53 Å². The fourth-order valence-electron chi connectivity index (χ4n) is 0.833. The number of carbonyl (C=O) groups is 1. The maximum Gasteiger partial charge on any atom is 0.303 e. The first-order valence-electron chi connectivity index (χ1n) is 5.13. The van der Waals surface area contributed by atoms with E-state index in [1.807, 2.05) is 0 Å². The molecular formula is C16H12O2. The van der Waals surface area contributed by atoms with Gasteiger partial charge < -0.3 is 4.74 Å². The monoisotopic (exact) mass is 236 g/mol. The molecule has 0 N–H and O–H groups in total. The van der Waals surface area contributed by atoms with Crippen LogP contribution >= 0.6 is 0 Å². The van der Waals surface area contributed by atoms with Gasteiger partial charge in [0.15, 0.2) is 0 Å². The minimum atomic E-state index is -0.306. The first-order valence-corrected chi connectivity index (χ1v) is 5.13. The molecule has 0 heterocycles. The molecule has 1 atom stereocenters. The Hall–Kier alpha value is -2.81. The smallest absolute Gasteiger partial charge is 0.303 e. The van der Waals surface area contributed by atoms with Gasteiger partial charge in [-0.25, -0.2) is 0 Å². The van der Waals surface area contributed by atoms with Gasteiger partial charge in [0, 0.05) is 6.92 Å². The number of esters is 1.